The number of thiophene rings is 1. The summed E-state index contributed by atoms with van der Waals surface area (Å²) in [5.74, 6) is -1.56. The average molecular weight is 439 g/mol. The van der Waals surface area contributed by atoms with Gasteiger partial charge in [0, 0.05) is 4.88 Å². The van der Waals surface area contributed by atoms with Gasteiger partial charge in [-0.2, -0.15) is 0 Å². The Morgan fingerprint density at radius 3 is 2.66 bits per heavy atom. The number of nitrogens with one attached hydrogen (secondary N) is 1. The van der Waals surface area contributed by atoms with Gasteiger partial charge >= 0.3 is 11.9 Å². The normalized spacial score (nSPS) is 16.8. The van der Waals surface area contributed by atoms with Crippen molar-refractivity contribution >= 4 is 51.9 Å². The van der Waals surface area contributed by atoms with Gasteiger partial charge < -0.3 is 14.8 Å². The molecule has 1 fully saturated rings. The number of rotatable bonds is 7. The van der Waals surface area contributed by atoms with Crippen molar-refractivity contribution in [3.63, 3.8) is 0 Å². The molecular weight excluding hydrogens is 416 g/mol. The van der Waals surface area contributed by atoms with E-state index in [9.17, 15) is 19.2 Å². The highest BCUT2D eigenvalue weighted by Crippen LogP contribution is 2.39. The molecule has 3 rings (SSSR count). The average Bonchev–Trinajstić information content (AvgIpc) is 3.32. The topological polar surface area (TPSA) is 102 Å². The van der Waals surface area contributed by atoms with E-state index in [1.54, 1.807) is 13.8 Å². The van der Waals surface area contributed by atoms with Crippen LogP contribution >= 0.6 is 23.1 Å². The van der Waals surface area contributed by atoms with E-state index in [1.165, 1.54) is 34.1 Å². The SMILES string of the molecule is CCOC(=O)/C=C1\SCC(=O)N1CC(=O)Nc1sc2c(c1C(=O)OCC)CCC2. The molecule has 29 heavy (non-hydrogen) atoms. The van der Waals surface area contributed by atoms with Crippen LogP contribution in [-0.2, 0) is 36.7 Å². The third-order valence-corrected chi connectivity index (χ3v) is 6.63. The second-order valence-electron chi connectivity index (χ2n) is 6.33. The molecule has 1 aromatic rings. The van der Waals surface area contributed by atoms with Crippen LogP contribution in [0.25, 0.3) is 0 Å². The van der Waals surface area contributed by atoms with E-state index in [-0.39, 0.29) is 31.4 Å². The summed E-state index contributed by atoms with van der Waals surface area (Å²) in [7, 11) is 0. The van der Waals surface area contributed by atoms with Crippen molar-refractivity contribution < 1.29 is 28.7 Å². The maximum absolute atomic E-state index is 12.6. The first-order valence-corrected chi connectivity index (χ1v) is 11.2. The molecule has 1 aliphatic carbocycles. The predicted molar refractivity (Wildman–Crippen MR) is 110 cm³/mol. The highest BCUT2D eigenvalue weighted by Gasteiger charge is 2.31. The van der Waals surface area contributed by atoms with Gasteiger partial charge in [0.05, 0.1) is 35.6 Å². The second kappa shape index (κ2) is 9.45. The Balaban J connectivity index is 1.74. The summed E-state index contributed by atoms with van der Waals surface area (Å²) in [6.45, 7) is 3.65. The van der Waals surface area contributed by atoms with Crippen LogP contribution < -0.4 is 5.32 Å². The molecule has 0 aromatic carbocycles. The molecule has 0 saturated carbocycles. The van der Waals surface area contributed by atoms with Crippen molar-refractivity contribution in [2.24, 2.45) is 0 Å². The number of esters is 2. The zero-order chi connectivity index (χ0) is 21.0. The van der Waals surface area contributed by atoms with Gasteiger partial charge in [0.2, 0.25) is 11.8 Å². The van der Waals surface area contributed by atoms with Crippen LogP contribution in [0.4, 0.5) is 5.00 Å². The van der Waals surface area contributed by atoms with Crippen LogP contribution in [0, 0.1) is 0 Å². The molecule has 156 valence electrons. The fourth-order valence-corrected chi connectivity index (χ4v) is 5.43. The van der Waals surface area contributed by atoms with Crippen LogP contribution in [0.15, 0.2) is 11.1 Å². The minimum absolute atomic E-state index is 0.153. The Labute approximate surface area is 176 Å². The van der Waals surface area contributed by atoms with Crippen molar-refractivity contribution in [3.8, 4) is 0 Å². The molecular formula is C19H22N2O6S2. The smallest absolute Gasteiger partial charge is 0.341 e. The molecule has 2 amide bonds. The van der Waals surface area contributed by atoms with E-state index in [2.05, 4.69) is 5.32 Å². The zero-order valence-electron chi connectivity index (χ0n) is 16.2. The van der Waals surface area contributed by atoms with E-state index in [1.807, 2.05) is 0 Å². The van der Waals surface area contributed by atoms with Crippen LogP contribution in [0.3, 0.4) is 0 Å². The molecule has 10 heteroatoms. The highest BCUT2D eigenvalue weighted by atomic mass is 32.2. The van der Waals surface area contributed by atoms with E-state index in [4.69, 9.17) is 9.47 Å². The molecule has 0 unspecified atom stereocenters. The van der Waals surface area contributed by atoms with Gasteiger partial charge in [-0.1, -0.05) is 11.8 Å². The lowest BCUT2D eigenvalue weighted by atomic mass is 10.1. The Bertz CT molecular complexity index is 876. The fraction of sp³-hybridized carbons (Fsp3) is 0.474. The summed E-state index contributed by atoms with van der Waals surface area (Å²) >= 11 is 2.56. The maximum Gasteiger partial charge on any atom is 0.341 e. The summed E-state index contributed by atoms with van der Waals surface area (Å²) in [6.07, 6.45) is 3.85. The number of ether oxygens (including phenoxy) is 2. The number of hydrogen-bond donors (Lipinski definition) is 1. The van der Waals surface area contributed by atoms with Crippen LogP contribution in [0.2, 0.25) is 0 Å². The van der Waals surface area contributed by atoms with E-state index in [0.717, 1.165) is 29.7 Å². The molecule has 1 N–H and O–H groups in total. The van der Waals surface area contributed by atoms with E-state index >= 15 is 0 Å². The molecule has 0 spiro atoms. The number of thioether (sulfide) groups is 1. The van der Waals surface area contributed by atoms with Crippen LogP contribution in [0.1, 0.15) is 41.1 Å². The fourth-order valence-electron chi connectivity index (χ4n) is 3.21. The number of nitrogens with zero attached hydrogens (tertiary/aromatic N) is 1. The molecule has 0 atom stereocenters. The molecule has 2 heterocycles. The number of hydrogen-bond acceptors (Lipinski definition) is 8. The van der Waals surface area contributed by atoms with E-state index < -0.39 is 17.8 Å². The monoisotopic (exact) mass is 438 g/mol. The van der Waals surface area contributed by atoms with Gasteiger partial charge in [0.25, 0.3) is 0 Å². The molecule has 8 nitrogen and oxygen atoms in total. The molecule has 0 radical (unpaired) electrons. The molecule has 0 bridgehead atoms. The van der Waals surface area contributed by atoms with Gasteiger partial charge in [-0.3, -0.25) is 14.5 Å². The first-order valence-electron chi connectivity index (χ1n) is 9.37. The van der Waals surface area contributed by atoms with Crippen molar-refractivity contribution in [1.29, 1.82) is 0 Å². The van der Waals surface area contributed by atoms with Crippen LogP contribution in [-0.4, -0.2) is 54.2 Å². The number of aryl methyl sites for hydroxylation is 1. The lowest BCUT2D eigenvalue weighted by Gasteiger charge is -2.16. The summed E-state index contributed by atoms with van der Waals surface area (Å²) in [5, 5.41) is 3.59. The molecule has 1 aliphatic heterocycles. The van der Waals surface area contributed by atoms with E-state index in [0.29, 0.717) is 15.6 Å². The number of carbonyl (C=O) groups is 4. The first-order chi connectivity index (χ1) is 13.9. The lowest BCUT2D eigenvalue weighted by molar-refractivity contribution is -0.137. The largest absolute Gasteiger partial charge is 0.463 e. The van der Waals surface area contributed by atoms with Gasteiger partial charge in [-0.15, -0.1) is 11.3 Å². The first kappa shape index (κ1) is 21.4. The minimum atomic E-state index is -0.561. The van der Waals surface area contributed by atoms with Gasteiger partial charge in [0.1, 0.15) is 11.5 Å². The zero-order valence-corrected chi connectivity index (χ0v) is 17.9. The summed E-state index contributed by atoms with van der Waals surface area (Å²) < 4.78 is 10.0. The van der Waals surface area contributed by atoms with Gasteiger partial charge in [-0.05, 0) is 38.7 Å². The Kier molecular flexibility index (Phi) is 6.96. The standard InChI is InChI=1S/C19H22N2O6S2/c1-3-26-16(24)8-15-21(14(23)10-28-15)9-13(22)20-18-17(19(25)27-4-2)11-6-5-7-12(11)29-18/h8H,3-7,9-10H2,1-2H3,(H,20,22)/b15-8-. The van der Waals surface area contributed by atoms with Gasteiger partial charge in [-0.25, -0.2) is 9.59 Å². The number of amides is 2. The Morgan fingerprint density at radius 1 is 1.17 bits per heavy atom. The maximum atomic E-state index is 12.6. The summed E-state index contributed by atoms with van der Waals surface area (Å²) in [5.41, 5.74) is 1.36. The highest BCUT2D eigenvalue weighted by molar-refractivity contribution is 8.04. The van der Waals surface area contributed by atoms with Crippen molar-refractivity contribution in [1.82, 2.24) is 4.90 Å². The van der Waals surface area contributed by atoms with Crippen LogP contribution in [0.5, 0.6) is 0 Å². The quantitative estimate of drug-likeness (QED) is 0.515. The Hall–Kier alpha value is -2.33. The third-order valence-electron chi connectivity index (χ3n) is 4.39. The van der Waals surface area contributed by atoms with Gasteiger partial charge in [0.15, 0.2) is 0 Å². The van der Waals surface area contributed by atoms with Crippen molar-refractivity contribution in [3.05, 3.63) is 27.1 Å². The minimum Gasteiger partial charge on any atom is -0.463 e. The van der Waals surface area contributed by atoms with Crippen molar-refractivity contribution in [2.75, 3.05) is 30.8 Å². The number of fused-ring (bicyclic) bond motifs is 1. The molecule has 1 aromatic heterocycles. The lowest BCUT2D eigenvalue weighted by Crippen LogP contribution is -2.34. The second-order valence-corrected chi connectivity index (χ2v) is 8.43. The molecule has 2 aliphatic rings. The van der Waals surface area contributed by atoms with Crippen molar-refractivity contribution in [2.45, 2.75) is 33.1 Å². The summed E-state index contributed by atoms with van der Waals surface area (Å²) in [6, 6.07) is 0. The summed E-state index contributed by atoms with van der Waals surface area (Å²) in [4.78, 5) is 51.2. The number of carbonyl (C=O) groups excluding carboxylic acids is 4. The molecule has 1 saturated heterocycles. The Morgan fingerprint density at radius 2 is 1.93 bits per heavy atom. The third kappa shape index (κ3) is 4.81. The predicted octanol–water partition coefficient (Wildman–Crippen LogP) is 2.33. The number of anilines is 1.